The van der Waals surface area contributed by atoms with E-state index in [1.807, 2.05) is 43.3 Å². The number of carbonyl (C=O) groups is 1. The summed E-state index contributed by atoms with van der Waals surface area (Å²) in [6.07, 6.45) is 0.589. The van der Waals surface area contributed by atoms with Gasteiger partial charge in [0.05, 0.1) is 5.41 Å². The Morgan fingerprint density at radius 1 is 1.47 bits per heavy atom. The molecule has 0 aliphatic rings. The zero-order valence-electron chi connectivity index (χ0n) is 10.4. The van der Waals surface area contributed by atoms with Crippen molar-refractivity contribution in [2.45, 2.75) is 18.8 Å². The van der Waals surface area contributed by atoms with Crippen molar-refractivity contribution < 1.29 is 9.90 Å². The molecule has 17 heavy (non-hydrogen) atoms. The molecule has 0 aliphatic heterocycles. The van der Waals surface area contributed by atoms with Crippen LogP contribution in [-0.4, -0.2) is 36.6 Å². The fraction of sp³-hybridized carbons (Fsp3) is 0.462. The SMILES string of the molecule is CN(C)CCC(C)(C(=O)O)c1cccc(Br)c1. The average Bonchev–Trinajstić information content (AvgIpc) is 2.25. The molecule has 94 valence electrons. The Bertz CT molecular complexity index is 406. The van der Waals surface area contributed by atoms with E-state index in [1.165, 1.54) is 0 Å². The Morgan fingerprint density at radius 2 is 2.12 bits per heavy atom. The molecular weight excluding hydrogens is 282 g/mol. The number of nitrogens with zero attached hydrogens (tertiary/aromatic N) is 1. The standard InChI is InChI=1S/C13H18BrNO2/c1-13(12(16)17,7-8-15(2)3)10-5-4-6-11(14)9-10/h4-6,9H,7-8H2,1-3H3,(H,16,17). The van der Waals surface area contributed by atoms with E-state index in [-0.39, 0.29) is 0 Å². The molecule has 1 atom stereocenters. The fourth-order valence-corrected chi connectivity index (χ4v) is 2.05. The molecule has 1 unspecified atom stereocenters. The van der Waals surface area contributed by atoms with E-state index in [4.69, 9.17) is 0 Å². The lowest BCUT2D eigenvalue weighted by Crippen LogP contribution is -2.35. The van der Waals surface area contributed by atoms with Crippen molar-refractivity contribution in [3.8, 4) is 0 Å². The summed E-state index contributed by atoms with van der Waals surface area (Å²) in [6, 6.07) is 7.52. The minimum absolute atomic E-state index is 0.589. The van der Waals surface area contributed by atoms with Crippen molar-refractivity contribution in [3.05, 3.63) is 34.3 Å². The maximum atomic E-state index is 11.5. The van der Waals surface area contributed by atoms with Gasteiger partial charge in [-0.2, -0.15) is 0 Å². The highest BCUT2D eigenvalue weighted by Gasteiger charge is 2.34. The van der Waals surface area contributed by atoms with E-state index in [0.717, 1.165) is 16.6 Å². The molecule has 0 heterocycles. The first-order valence-electron chi connectivity index (χ1n) is 5.50. The molecule has 1 rings (SSSR count). The van der Waals surface area contributed by atoms with Gasteiger partial charge in [-0.25, -0.2) is 0 Å². The van der Waals surface area contributed by atoms with E-state index in [9.17, 15) is 9.90 Å². The van der Waals surface area contributed by atoms with E-state index in [1.54, 1.807) is 6.92 Å². The van der Waals surface area contributed by atoms with Crippen molar-refractivity contribution in [1.82, 2.24) is 4.90 Å². The van der Waals surface area contributed by atoms with Crippen LogP contribution in [0.3, 0.4) is 0 Å². The van der Waals surface area contributed by atoms with Crippen molar-refractivity contribution in [1.29, 1.82) is 0 Å². The lowest BCUT2D eigenvalue weighted by atomic mass is 9.79. The summed E-state index contributed by atoms with van der Waals surface area (Å²) in [5, 5.41) is 9.46. The number of carboxylic acids is 1. The molecular formula is C13H18BrNO2. The maximum absolute atomic E-state index is 11.5. The highest BCUT2D eigenvalue weighted by atomic mass is 79.9. The monoisotopic (exact) mass is 299 g/mol. The fourth-order valence-electron chi connectivity index (χ4n) is 1.65. The molecule has 0 bridgehead atoms. The Balaban J connectivity index is 3.03. The zero-order valence-corrected chi connectivity index (χ0v) is 12.0. The van der Waals surface area contributed by atoms with Gasteiger partial charge < -0.3 is 10.0 Å². The lowest BCUT2D eigenvalue weighted by Gasteiger charge is -2.27. The predicted octanol–water partition coefficient (Wildman–Crippen LogP) is 2.74. The van der Waals surface area contributed by atoms with Gasteiger partial charge in [-0.15, -0.1) is 0 Å². The van der Waals surface area contributed by atoms with Crippen LogP contribution in [0.4, 0.5) is 0 Å². The molecule has 0 fully saturated rings. The first-order chi connectivity index (χ1) is 7.86. The van der Waals surface area contributed by atoms with E-state index >= 15 is 0 Å². The number of aliphatic carboxylic acids is 1. The van der Waals surface area contributed by atoms with Gasteiger partial charge in [0.15, 0.2) is 0 Å². The molecule has 1 aromatic rings. The molecule has 3 nitrogen and oxygen atoms in total. The second-order valence-corrected chi connectivity index (χ2v) is 5.62. The van der Waals surface area contributed by atoms with Crippen LogP contribution < -0.4 is 0 Å². The van der Waals surface area contributed by atoms with Crippen LogP contribution >= 0.6 is 15.9 Å². The quantitative estimate of drug-likeness (QED) is 0.909. The van der Waals surface area contributed by atoms with Gasteiger partial charge in [-0.05, 0) is 51.7 Å². The Labute approximate surface area is 111 Å². The van der Waals surface area contributed by atoms with Gasteiger partial charge in [-0.3, -0.25) is 4.79 Å². The molecule has 1 N–H and O–H groups in total. The first kappa shape index (κ1) is 14.2. The number of hydrogen-bond acceptors (Lipinski definition) is 2. The Morgan fingerprint density at radius 3 is 2.59 bits per heavy atom. The maximum Gasteiger partial charge on any atom is 0.313 e. The third-order valence-corrected chi connectivity index (χ3v) is 3.49. The van der Waals surface area contributed by atoms with E-state index < -0.39 is 11.4 Å². The Kier molecular flexibility index (Phi) is 4.71. The zero-order chi connectivity index (χ0) is 13.1. The van der Waals surface area contributed by atoms with E-state index in [0.29, 0.717) is 6.42 Å². The topological polar surface area (TPSA) is 40.5 Å². The second-order valence-electron chi connectivity index (χ2n) is 4.70. The molecule has 0 aromatic heterocycles. The molecule has 0 amide bonds. The number of halogens is 1. The van der Waals surface area contributed by atoms with Crippen molar-refractivity contribution >= 4 is 21.9 Å². The van der Waals surface area contributed by atoms with Gasteiger partial charge in [0.25, 0.3) is 0 Å². The highest BCUT2D eigenvalue weighted by Crippen LogP contribution is 2.30. The second kappa shape index (κ2) is 5.65. The highest BCUT2D eigenvalue weighted by molar-refractivity contribution is 9.10. The van der Waals surface area contributed by atoms with Gasteiger partial charge in [0, 0.05) is 4.47 Å². The van der Waals surface area contributed by atoms with Crippen LogP contribution in [0.25, 0.3) is 0 Å². The summed E-state index contributed by atoms with van der Waals surface area (Å²) >= 11 is 3.38. The molecule has 4 heteroatoms. The first-order valence-corrected chi connectivity index (χ1v) is 6.30. The van der Waals surface area contributed by atoms with Crippen LogP contribution in [0.2, 0.25) is 0 Å². The summed E-state index contributed by atoms with van der Waals surface area (Å²) < 4.78 is 0.910. The summed E-state index contributed by atoms with van der Waals surface area (Å²) in [7, 11) is 3.90. The minimum atomic E-state index is -0.839. The third-order valence-electron chi connectivity index (χ3n) is 2.99. The van der Waals surface area contributed by atoms with Gasteiger partial charge in [0.1, 0.15) is 0 Å². The molecule has 0 saturated carbocycles. The van der Waals surface area contributed by atoms with Crippen LogP contribution in [-0.2, 0) is 10.2 Å². The minimum Gasteiger partial charge on any atom is -0.481 e. The lowest BCUT2D eigenvalue weighted by molar-refractivity contribution is -0.143. The third kappa shape index (κ3) is 3.54. The summed E-state index contributed by atoms with van der Waals surface area (Å²) in [4.78, 5) is 13.5. The predicted molar refractivity (Wildman–Crippen MR) is 72.3 cm³/mol. The van der Waals surface area contributed by atoms with E-state index in [2.05, 4.69) is 15.9 Å². The summed E-state index contributed by atoms with van der Waals surface area (Å²) in [5.74, 6) is -0.780. The van der Waals surface area contributed by atoms with Crippen molar-refractivity contribution in [2.24, 2.45) is 0 Å². The molecule has 0 aliphatic carbocycles. The van der Waals surface area contributed by atoms with Crippen LogP contribution in [0.5, 0.6) is 0 Å². The molecule has 0 spiro atoms. The summed E-state index contributed by atoms with van der Waals surface area (Å²) in [5.41, 5.74) is -0.00477. The van der Waals surface area contributed by atoms with Gasteiger partial charge in [-0.1, -0.05) is 28.1 Å². The average molecular weight is 300 g/mol. The molecule has 0 radical (unpaired) electrons. The Hall–Kier alpha value is -0.870. The van der Waals surface area contributed by atoms with Crippen LogP contribution in [0.1, 0.15) is 18.9 Å². The number of rotatable bonds is 5. The van der Waals surface area contributed by atoms with Gasteiger partial charge >= 0.3 is 5.97 Å². The number of benzene rings is 1. The number of hydrogen-bond donors (Lipinski definition) is 1. The normalized spacial score (nSPS) is 14.6. The van der Waals surface area contributed by atoms with Crippen LogP contribution in [0.15, 0.2) is 28.7 Å². The van der Waals surface area contributed by atoms with Crippen LogP contribution in [0, 0.1) is 0 Å². The summed E-state index contributed by atoms with van der Waals surface area (Å²) in [6.45, 7) is 2.52. The van der Waals surface area contributed by atoms with Crippen molar-refractivity contribution in [2.75, 3.05) is 20.6 Å². The number of carboxylic acid groups (broad SMARTS) is 1. The smallest absolute Gasteiger partial charge is 0.313 e. The van der Waals surface area contributed by atoms with Gasteiger partial charge in [0.2, 0.25) is 0 Å². The molecule has 1 aromatic carbocycles. The molecule has 0 saturated heterocycles. The largest absolute Gasteiger partial charge is 0.481 e. The van der Waals surface area contributed by atoms with Crippen molar-refractivity contribution in [3.63, 3.8) is 0 Å².